The van der Waals surface area contributed by atoms with Gasteiger partial charge < -0.3 is 9.47 Å². The van der Waals surface area contributed by atoms with Gasteiger partial charge in [-0.15, -0.1) is 0 Å². The van der Waals surface area contributed by atoms with Gasteiger partial charge in [-0.25, -0.2) is 0 Å². The van der Waals surface area contributed by atoms with Crippen LogP contribution in [0.25, 0.3) is 0 Å². The minimum absolute atomic E-state index is 0.468. The average Bonchev–Trinajstić information content (AvgIpc) is 2.61. The molecule has 0 rings (SSSR count). The molecule has 2 heteroatoms. The lowest BCUT2D eigenvalue weighted by atomic mass is 10.0. The first-order valence-corrected chi connectivity index (χ1v) is 10.4. The van der Waals surface area contributed by atoms with Crippen LogP contribution in [0.2, 0.25) is 0 Å². The monoisotopic (exact) mass is 376 g/mol. The Hall–Kier alpha value is -1.12. The topological polar surface area (TPSA) is 18.5 Å². The van der Waals surface area contributed by atoms with Gasteiger partial charge in [0.15, 0.2) is 5.79 Å². The molecule has 0 spiro atoms. The molecule has 0 heterocycles. The van der Waals surface area contributed by atoms with Crippen molar-refractivity contribution in [2.24, 2.45) is 0 Å². The smallest absolute Gasteiger partial charge is 0.165 e. The molecule has 0 aromatic rings. The van der Waals surface area contributed by atoms with Gasteiger partial charge in [0.25, 0.3) is 0 Å². The Morgan fingerprint density at radius 1 is 0.630 bits per heavy atom. The second-order valence-corrected chi connectivity index (χ2v) is 8.13. The SMILES string of the molecule is COC(C)(CC/C=C(\C)CC/C=C(\C)CC/C=C(\C)CCC=C(C)C)OC. The number of rotatable bonds is 14. The quantitative estimate of drug-likeness (QED) is 0.226. The number of ether oxygens (including phenoxy) is 2. The van der Waals surface area contributed by atoms with E-state index in [9.17, 15) is 0 Å². The number of hydrogen-bond donors (Lipinski definition) is 0. The van der Waals surface area contributed by atoms with Gasteiger partial charge in [0.2, 0.25) is 0 Å². The van der Waals surface area contributed by atoms with E-state index >= 15 is 0 Å². The van der Waals surface area contributed by atoms with Crippen molar-refractivity contribution in [1.29, 1.82) is 0 Å². The van der Waals surface area contributed by atoms with E-state index in [2.05, 4.69) is 58.9 Å². The molecule has 0 aliphatic rings. The molecule has 27 heavy (non-hydrogen) atoms. The van der Waals surface area contributed by atoms with E-state index in [1.54, 1.807) is 14.2 Å². The Labute approximate surface area is 169 Å². The van der Waals surface area contributed by atoms with E-state index < -0.39 is 5.79 Å². The molecule has 0 aromatic heterocycles. The van der Waals surface area contributed by atoms with Gasteiger partial charge in [0, 0.05) is 20.6 Å². The fourth-order valence-electron chi connectivity index (χ4n) is 2.86. The van der Waals surface area contributed by atoms with Crippen LogP contribution < -0.4 is 0 Å². The van der Waals surface area contributed by atoms with Crippen molar-refractivity contribution in [2.45, 2.75) is 98.7 Å². The maximum atomic E-state index is 5.40. The number of hydrogen-bond acceptors (Lipinski definition) is 2. The van der Waals surface area contributed by atoms with E-state index in [-0.39, 0.29) is 0 Å². The zero-order valence-electron chi connectivity index (χ0n) is 19.3. The summed E-state index contributed by atoms with van der Waals surface area (Å²) in [6, 6.07) is 0. The van der Waals surface area contributed by atoms with Crippen molar-refractivity contribution >= 4 is 0 Å². The Morgan fingerprint density at radius 3 is 1.37 bits per heavy atom. The molecule has 0 amide bonds. The van der Waals surface area contributed by atoms with Gasteiger partial charge in [0.05, 0.1) is 0 Å². The molecule has 0 aliphatic heterocycles. The Bertz CT molecular complexity index is 512. The Kier molecular flexibility index (Phi) is 14.3. The van der Waals surface area contributed by atoms with E-state index in [4.69, 9.17) is 9.47 Å². The van der Waals surface area contributed by atoms with E-state index in [1.807, 2.05) is 6.92 Å². The van der Waals surface area contributed by atoms with Gasteiger partial charge in [0.1, 0.15) is 0 Å². The van der Waals surface area contributed by atoms with Crippen LogP contribution in [0.1, 0.15) is 92.9 Å². The molecule has 0 radical (unpaired) electrons. The van der Waals surface area contributed by atoms with Crippen LogP contribution in [-0.2, 0) is 9.47 Å². The number of methoxy groups -OCH3 is 2. The van der Waals surface area contributed by atoms with Crippen LogP contribution in [0.4, 0.5) is 0 Å². The Balaban J connectivity index is 4.10. The highest BCUT2D eigenvalue weighted by molar-refractivity contribution is 5.07. The van der Waals surface area contributed by atoms with Crippen molar-refractivity contribution in [2.75, 3.05) is 14.2 Å². The normalized spacial score (nSPS) is 13.9. The molecule has 0 N–H and O–H groups in total. The molecule has 0 aromatic carbocycles. The highest BCUT2D eigenvalue weighted by Crippen LogP contribution is 2.19. The van der Waals surface area contributed by atoms with Crippen LogP contribution in [0.5, 0.6) is 0 Å². The molecule has 0 saturated heterocycles. The van der Waals surface area contributed by atoms with E-state index in [0.717, 1.165) is 32.1 Å². The van der Waals surface area contributed by atoms with E-state index in [1.165, 1.54) is 41.6 Å². The molecule has 156 valence electrons. The van der Waals surface area contributed by atoms with Crippen LogP contribution >= 0.6 is 0 Å². The van der Waals surface area contributed by atoms with Crippen molar-refractivity contribution < 1.29 is 9.47 Å². The average molecular weight is 377 g/mol. The summed E-state index contributed by atoms with van der Waals surface area (Å²) in [7, 11) is 3.40. The zero-order valence-corrected chi connectivity index (χ0v) is 19.3. The van der Waals surface area contributed by atoms with E-state index in [0.29, 0.717) is 0 Å². The molecule has 0 aliphatic carbocycles. The standard InChI is InChI=1S/C25H44O2/c1-21(2)13-9-14-22(3)15-10-16-23(4)17-11-18-24(5)19-12-20-25(6,26-7)27-8/h13,15,17,19H,9-12,14,16,18,20H2,1-8H3/b22-15+,23-17+,24-19+. The van der Waals surface area contributed by atoms with Crippen molar-refractivity contribution in [3.63, 3.8) is 0 Å². The summed E-state index contributed by atoms with van der Waals surface area (Å²) < 4.78 is 10.8. The second-order valence-electron chi connectivity index (χ2n) is 8.13. The molecule has 0 fully saturated rings. The number of allylic oxidation sites excluding steroid dienone is 8. The fraction of sp³-hybridized carbons (Fsp3) is 0.680. The molecule has 0 unspecified atom stereocenters. The predicted molar refractivity (Wildman–Crippen MR) is 120 cm³/mol. The minimum Gasteiger partial charge on any atom is -0.353 e. The third kappa shape index (κ3) is 14.6. The maximum absolute atomic E-state index is 5.40. The molecule has 2 nitrogen and oxygen atoms in total. The van der Waals surface area contributed by atoms with Crippen molar-refractivity contribution in [3.8, 4) is 0 Å². The predicted octanol–water partition coefficient (Wildman–Crippen LogP) is 7.92. The fourth-order valence-corrected chi connectivity index (χ4v) is 2.86. The van der Waals surface area contributed by atoms with Crippen molar-refractivity contribution in [3.05, 3.63) is 46.6 Å². The lowest BCUT2D eigenvalue weighted by Crippen LogP contribution is -2.29. The van der Waals surface area contributed by atoms with Gasteiger partial charge in [-0.1, -0.05) is 46.6 Å². The van der Waals surface area contributed by atoms with Crippen LogP contribution in [-0.4, -0.2) is 20.0 Å². The molecular formula is C25H44O2. The van der Waals surface area contributed by atoms with Gasteiger partial charge >= 0.3 is 0 Å². The molecule has 0 atom stereocenters. The third-order valence-electron chi connectivity index (χ3n) is 5.11. The Morgan fingerprint density at radius 2 is 1.00 bits per heavy atom. The summed E-state index contributed by atoms with van der Waals surface area (Å²) in [6.45, 7) is 13.1. The summed E-state index contributed by atoms with van der Waals surface area (Å²) in [5, 5.41) is 0. The minimum atomic E-state index is -0.468. The van der Waals surface area contributed by atoms with Crippen LogP contribution in [0, 0.1) is 0 Å². The summed E-state index contributed by atoms with van der Waals surface area (Å²) in [5.41, 5.74) is 5.88. The lowest BCUT2D eigenvalue weighted by Gasteiger charge is -2.25. The first kappa shape index (κ1) is 25.9. The highest BCUT2D eigenvalue weighted by Gasteiger charge is 2.20. The summed E-state index contributed by atoms with van der Waals surface area (Å²) in [5.74, 6) is -0.468. The summed E-state index contributed by atoms with van der Waals surface area (Å²) >= 11 is 0. The molecular weight excluding hydrogens is 332 g/mol. The highest BCUT2D eigenvalue weighted by atomic mass is 16.7. The first-order chi connectivity index (χ1) is 12.7. The van der Waals surface area contributed by atoms with Crippen LogP contribution in [0.15, 0.2) is 46.6 Å². The van der Waals surface area contributed by atoms with Gasteiger partial charge in [-0.05, 0) is 86.5 Å². The summed E-state index contributed by atoms with van der Waals surface area (Å²) in [6.07, 6.45) is 18.3. The van der Waals surface area contributed by atoms with Crippen molar-refractivity contribution in [1.82, 2.24) is 0 Å². The maximum Gasteiger partial charge on any atom is 0.165 e. The molecule has 0 saturated carbocycles. The molecule has 0 bridgehead atoms. The van der Waals surface area contributed by atoms with Crippen LogP contribution in [0.3, 0.4) is 0 Å². The zero-order chi connectivity index (χ0) is 20.7. The lowest BCUT2D eigenvalue weighted by molar-refractivity contribution is -0.196. The first-order valence-electron chi connectivity index (χ1n) is 10.4. The van der Waals surface area contributed by atoms with Gasteiger partial charge in [-0.3, -0.25) is 0 Å². The summed E-state index contributed by atoms with van der Waals surface area (Å²) in [4.78, 5) is 0. The van der Waals surface area contributed by atoms with Gasteiger partial charge in [-0.2, -0.15) is 0 Å². The second kappa shape index (κ2) is 14.9. The largest absolute Gasteiger partial charge is 0.353 e. The third-order valence-corrected chi connectivity index (χ3v) is 5.11.